The smallest absolute Gasteiger partial charge is 0.342 e. The van der Waals surface area contributed by atoms with E-state index < -0.39 is 22.0 Å². The van der Waals surface area contributed by atoms with Crippen LogP contribution >= 0.6 is 0 Å². The highest BCUT2D eigenvalue weighted by Gasteiger charge is 2.34. The number of hydrogen-bond acceptors (Lipinski definition) is 7. The third kappa shape index (κ3) is 9.16. The van der Waals surface area contributed by atoms with E-state index in [0.29, 0.717) is 6.42 Å². The average Bonchev–Trinajstić information content (AvgIpc) is 2.81. The van der Waals surface area contributed by atoms with E-state index in [2.05, 4.69) is 28.7 Å². The lowest BCUT2D eigenvalue weighted by atomic mass is 9.97. The molecule has 0 bridgehead atoms. The van der Waals surface area contributed by atoms with E-state index in [4.69, 9.17) is 4.74 Å². The molecule has 0 spiro atoms. The summed E-state index contributed by atoms with van der Waals surface area (Å²) >= 11 is 0. The van der Waals surface area contributed by atoms with Crippen molar-refractivity contribution in [2.75, 3.05) is 11.9 Å². The van der Waals surface area contributed by atoms with E-state index in [0.717, 1.165) is 25.2 Å². The molecule has 0 saturated carbocycles. The van der Waals surface area contributed by atoms with Crippen molar-refractivity contribution < 1.29 is 17.9 Å². The van der Waals surface area contributed by atoms with Crippen LogP contribution in [0, 0.1) is 10.8 Å². The maximum atomic E-state index is 12.3. The maximum Gasteiger partial charge on any atom is 0.342 e. The third-order valence-corrected chi connectivity index (χ3v) is 7.47. The van der Waals surface area contributed by atoms with E-state index in [9.17, 15) is 18.1 Å². The summed E-state index contributed by atoms with van der Waals surface area (Å²) in [5.41, 5.74) is 0.250. The summed E-state index contributed by atoms with van der Waals surface area (Å²) < 4.78 is 33.3. The first-order valence-electron chi connectivity index (χ1n) is 12.6. The Morgan fingerprint density at radius 3 is 2.29 bits per heavy atom. The number of rotatable bonds is 17. The first kappa shape index (κ1) is 28.0. The third-order valence-electron chi connectivity index (χ3n) is 6.12. The van der Waals surface area contributed by atoms with Gasteiger partial charge >= 0.3 is 5.97 Å². The molecule has 1 aliphatic heterocycles. The van der Waals surface area contributed by atoms with Crippen molar-refractivity contribution >= 4 is 27.5 Å². The zero-order chi connectivity index (χ0) is 24.8. The zero-order valence-corrected chi connectivity index (χ0v) is 21.3. The number of carbonyl (C=O) groups excluding carboxylic acids is 1. The lowest BCUT2D eigenvalue weighted by molar-refractivity contribution is -0.143. The highest BCUT2D eigenvalue weighted by atomic mass is 32.2. The topological polar surface area (TPSA) is 114 Å². The molecule has 34 heavy (non-hydrogen) atoms. The number of amidine groups is 1. The first-order chi connectivity index (χ1) is 16.4. The number of ether oxygens (including phenoxy) is 1. The van der Waals surface area contributed by atoms with Crippen molar-refractivity contribution in [1.29, 1.82) is 0 Å². The Balaban J connectivity index is 1.60. The molecular formula is C25H39N3O5S. The van der Waals surface area contributed by atoms with E-state index in [1.807, 2.05) is 0 Å². The second-order valence-corrected chi connectivity index (χ2v) is 10.7. The highest BCUT2D eigenvalue weighted by molar-refractivity contribution is 7.90. The van der Waals surface area contributed by atoms with E-state index >= 15 is 0 Å². The molecule has 9 heteroatoms. The van der Waals surface area contributed by atoms with Gasteiger partial charge in [-0.25, -0.2) is 4.79 Å². The number of benzene rings is 1. The molecule has 2 unspecified atom stereocenters. The molecule has 0 radical (unpaired) electrons. The van der Waals surface area contributed by atoms with E-state index in [1.165, 1.54) is 63.5 Å². The molecule has 0 saturated heterocycles. The molecule has 1 aromatic rings. The monoisotopic (exact) mass is 493 g/mol. The Bertz CT molecular complexity index is 917. The molecule has 2 rings (SSSR count). The summed E-state index contributed by atoms with van der Waals surface area (Å²) in [5.74, 6) is -0.389. The Morgan fingerprint density at radius 1 is 1.00 bits per heavy atom. The molecule has 8 nitrogen and oxygen atoms in total. The van der Waals surface area contributed by atoms with Gasteiger partial charge in [-0.15, -0.1) is 9.30 Å². The SMILES string of the molecule is CCCCC(C)CCCCCCCCCCOC(=O)C(N=O)C1=NS(=O)(=O)c2ccccc2N1. The van der Waals surface area contributed by atoms with Gasteiger partial charge < -0.3 is 10.1 Å². The maximum absolute atomic E-state index is 12.3. The predicted molar refractivity (Wildman–Crippen MR) is 135 cm³/mol. The van der Waals surface area contributed by atoms with Crippen molar-refractivity contribution in [3.63, 3.8) is 0 Å². The summed E-state index contributed by atoms with van der Waals surface area (Å²) in [4.78, 5) is 23.6. The lowest BCUT2D eigenvalue weighted by Crippen LogP contribution is -2.37. The fourth-order valence-electron chi connectivity index (χ4n) is 4.06. The van der Waals surface area contributed by atoms with Crippen molar-refractivity contribution in [3.05, 3.63) is 29.2 Å². The Labute approximate surface area is 204 Å². The largest absolute Gasteiger partial charge is 0.464 e. The molecule has 1 N–H and O–H groups in total. The lowest BCUT2D eigenvalue weighted by Gasteiger charge is -2.19. The fraction of sp³-hybridized carbons (Fsp3) is 0.680. The van der Waals surface area contributed by atoms with Crippen molar-refractivity contribution in [2.24, 2.45) is 15.5 Å². The summed E-state index contributed by atoms with van der Waals surface area (Å²) in [6.45, 7) is 4.76. The molecule has 0 amide bonds. The number of para-hydroxylation sites is 1. The van der Waals surface area contributed by atoms with Crippen LogP contribution in [0.2, 0.25) is 0 Å². The van der Waals surface area contributed by atoms with Gasteiger partial charge in [-0.2, -0.15) is 8.42 Å². The number of sulfonamides is 1. The summed E-state index contributed by atoms with van der Waals surface area (Å²) in [6, 6.07) is 4.49. The number of hydrogen-bond donors (Lipinski definition) is 1. The van der Waals surface area contributed by atoms with Gasteiger partial charge in [0.25, 0.3) is 10.0 Å². The van der Waals surface area contributed by atoms with Gasteiger partial charge in [-0.3, -0.25) is 0 Å². The van der Waals surface area contributed by atoms with E-state index in [1.54, 1.807) is 12.1 Å². The Morgan fingerprint density at radius 2 is 1.62 bits per heavy atom. The number of carbonyl (C=O) groups is 1. The van der Waals surface area contributed by atoms with Crippen molar-refractivity contribution in [3.8, 4) is 0 Å². The van der Waals surface area contributed by atoms with Crippen LogP contribution in [-0.2, 0) is 19.6 Å². The van der Waals surface area contributed by atoms with Crippen molar-refractivity contribution in [2.45, 2.75) is 102 Å². The zero-order valence-electron chi connectivity index (χ0n) is 20.5. The predicted octanol–water partition coefficient (Wildman–Crippen LogP) is 6.21. The molecule has 2 atom stereocenters. The van der Waals surface area contributed by atoms with Crippen LogP contribution < -0.4 is 5.32 Å². The first-order valence-corrected chi connectivity index (χ1v) is 14.0. The molecule has 0 aliphatic carbocycles. The van der Waals surface area contributed by atoms with Crippen LogP contribution in [0.5, 0.6) is 0 Å². The number of esters is 1. The molecule has 1 heterocycles. The van der Waals surface area contributed by atoms with Crippen LogP contribution in [0.15, 0.2) is 38.7 Å². The second kappa shape index (κ2) is 14.9. The van der Waals surface area contributed by atoms with Crippen LogP contribution in [0.25, 0.3) is 0 Å². The van der Waals surface area contributed by atoms with Crippen LogP contribution in [0.4, 0.5) is 5.69 Å². The van der Waals surface area contributed by atoms with Crippen molar-refractivity contribution in [1.82, 2.24) is 0 Å². The highest BCUT2D eigenvalue weighted by Crippen LogP contribution is 2.27. The molecule has 190 valence electrons. The minimum atomic E-state index is -4.01. The standard InChI is InChI=1S/C25H39N3O5S/c1-3-4-15-20(2)16-11-9-7-5-6-8-10-14-19-33-25(29)23(27-30)24-26-21-17-12-13-18-22(21)34(31,32)28-24/h12-13,17-18,20,23H,3-11,14-16,19H2,1-2H3,(H,26,28). The normalized spacial score (nSPS) is 16.0. The quantitative estimate of drug-likeness (QED) is 0.157. The number of nitrogens with zero attached hydrogens (tertiary/aromatic N) is 2. The van der Waals surface area contributed by atoms with Crippen LogP contribution in [-0.4, -0.2) is 32.9 Å². The average molecular weight is 494 g/mol. The van der Waals surface area contributed by atoms with Gasteiger partial charge in [0.2, 0.25) is 6.04 Å². The Hall–Kier alpha value is -2.29. The van der Waals surface area contributed by atoms with Gasteiger partial charge in [0.1, 0.15) is 4.90 Å². The fourth-order valence-corrected chi connectivity index (χ4v) is 5.21. The van der Waals surface area contributed by atoms with E-state index in [-0.39, 0.29) is 23.0 Å². The summed E-state index contributed by atoms with van der Waals surface area (Å²) in [6.07, 6.45) is 14.3. The number of fused-ring (bicyclic) bond motifs is 1. The Kier molecular flexibility index (Phi) is 12.2. The molecule has 0 aromatic heterocycles. The second-order valence-electron chi connectivity index (χ2n) is 9.11. The van der Waals surface area contributed by atoms with Gasteiger partial charge in [-0.1, -0.05) is 96.6 Å². The molecular weight excluding hydrogens is 454 g/mol. The minimum absolute atomic E-state index is 0.0155. The summed E-state index contributed by atoms with van der Waals surface area (Å²) in [7, 11) is -4.01. The van der Waals surface area contributed by atoms with Gasteiger partial charge in [0.15, 0.2) is 5.84 Å². The molecule has 1 aliphatic rings. The van der Waals surface area contributed by atoms with Gasteiger partial charge in [0, 0.05) is 0 Å². The van der Waals surface area contributed by atoms with Gasteiger partial charge in [0.05, 0.1) is 12.3 Å². The number of unbranched alkanes of at least 4 members (excludes halogenated alkanes) is 8. The number of anilines is 1. The molecule has 1 aromatic carbocycles. The van der Waals surface area contributed by atoms with Crippen LogP contribution in [0.1, 0.15) is 90.9 Å². The minimum Gasteiger partial charge on any atom is -0.464 e. The summed E-state index contributed by atoms with van der Waals surface area (Å²) in [5, 5.41) is 5.47. The molecule has 0 fully saturated rings. The van der Waals surface area contributed by atoms with Gasteiger partial charge in [-0.05, 0) is 29.6 Å². The van der Waals surface area contributed by atoms with Crippen LogP contribution in [0.3, 0.4) is 0 Å². The number of nitroso groups, excluding NO2 is 1. The number of nitrogens with one attached hydrogen (secondary N) is 1.